The van der Waals surface area contributed by atoms with E-state index < -0.39 is 5.92 Å². The maximum atomic E-state index is 13.8. The molecule has 0 N–H and O–H groups in total. The van der Waals surface area contributed by atoms with Crippen LogP contribution < -0.4 is 19.1 Å². The van der Waals surface area contributed by atoms with E-state index in [9.17, 15) is 9.59 Å². The van der Waals surface area contributed by atoms with Crippen LogP contribution in [0.15, 0.2) is 41.6 Å². The quantitative estimate of drug-likeness (QED) is 0.534. The zero-order chi connectivity index (χ0) is 24.8. The lowest BCUT2D eigenvalue weighted by atomic mass is 9.69. The fourth-order valence-electron chi connectivity index (χ4n) is 5.06. The van der Waals surface area contributed by atoms with Gasteiger partial charge in [-0.15, -0.1) is 0 Å². The first kappa shape index (κ1) is 24.1. The van der Waals surface area contributed by atoms with Crippen LogP contribution in [0.3, 0.4) is 0 Å². The minimum atomic E-state index is -0.424. The second kappa shape index (κ2) is 8.99. The Morgan fingerprint density at radius 2 is 1.68 bits per heavy atom. The molecule has 7 heteroatoms. The summed E-state index contributed by atoms with van der Waals surface area (Å²) in [4.78, 5) is 29.1. The fourth-order valence-corrected chi connectivity index (χ4v) is 5.21. The zero-order valence-electron chi connectivity index (χ0n) is 20.5. The van der Waals surface area contributed by atoms with E-state index in [1.807, 2.05) is 31.2 Å². The first-order valence-corrected chi connectivity index (χ1v) is 11.6. The van der Waals surface area contributed by atoms with Gasteiger partial charge in [-0.2, -0.15) is 0 Å². The lowest BCUT2D eigenvalue weighted by molar-refractivity contribution is -0.121. The molecular weight excluding hydrogens is 454 g/mol. The van der Waals surface area contributed by atoms with Gasteiger partial charge in [0.2, 0.25) is 5.91 Å². The fraction of sp³-hybridized carbons (Fsp3) is 0.407. The van der Waals surface area contributed by atoms with Crippen LogP contribution in [-0.4, -0.2) is 33.0 Å². The summed E-state index contributed by atoms with van der Waals surface area (Å²) in [7, 11) is 4.73. The number of aryl methyl sites for hydroxylation is 1. The molecule has 2 aromatic carbocycles. The van der Waals surface area contributed by atoms with Crippen LogP contribution in [0.4, 0.5) is 5.69 Å². The number of ether oxygens (including phenoxy) is 3. The number of Topliss-reactive ketones (excluding diaryl/α,β-unsaturated/α-hetero) is 1. The Balaban J connectivity index is 1.98. The Hall–Kier alpha value is -2.99. The van der Waals surface area contributed by atoms with Crippen molar-refractivity contribution in [1.82, 2.24) is 0 Å². The topological polar surface area (TPSA) is 65.1 Å². The molecule has 1 heterocycles. The average molecular weight is 484 g/mol. The van der Waals surface area contributed by atoms with Gasteiger partial charge in [0.05, 0.1) is 27.0 Å². The Labute approximate surface area is 205 Å². The molecule has 2 aliphatic rings. The van der Waals surface area contributed by atoms with Gasteiger partial charge in [-0.1, -0.05) is 25.4 Å². The van der Waals surface area contributed by atoms with Crippen molar-refractivity contribution in [3.05, 3.63) is 57.8 Å². The van der Waals surface area contributed by atoms with Crippen LogP contribution >= 0.6 is 11.6 Å². The lowest BCUT2D eigenvalue weighted by Crippen LogP contribution is -2.44. The summed E-state index contributed by atoms with van der Waals surface area (Å²) < 4.78 is 16.6. The predicted molar refractivity (Wildman–Crippen MR) is 132 cm³/mol. The lowest BCUT2D eigenvalue weighted by Gasteiger charge is -2.43. The molecule has 0 fully saturated rings. The summed E-state index contributed by atoms with van der Waals surface area (Å²) in [6, 6.07) is 9.04. The highest BCUT2D eigenvalue weighted by Gasteiger charge is 2.45. The smallest absolute Gasteiger partial charge is 0.232 e. The molecule has 1 atom stereocenters. The minimum Gasteiger partial charge on any atom is -0.497 e. The first-order chi connectivity index (χ1) is 16.1. The van der Waals surface area contributed by atoms with Crippen molar-refractivity contribution in [3.8, 4) is 17.2 Å². The number of nitrogens with zero attached hydrogens (tertiary/aromatic N) is 1. The molecule has 0 aromatic heterocycles. The number of rotatable bonds is 5. The molecule has 0 saturated carbocycles. The van der Waals surface area contributed by atoms with E-state index in [1.54, 1.807) is 32.3 Å². The Morgan fingerprint density at radius 3 is 2.32 bits per heavy atom. The number of anilines is 1. The van der Waals surface area contributed by atoms with E-state index in [2.05, 4.69) is 13.8 Å². The van der Waals surface area contributed by atoms with Crippen molar-refractivity contribution in [3.63, 3.8) is 0 Å². The van der Waals surface area contributed by atoms with Gasteiger partial charge in [-0.3, -0.25) is 14.5 Å². The molecule has 2 aromatic rings. The molecular formula is C27H30ClNO5. The van der Waals surface area contributed by atoms with E-state index >= 15 is 0 Å². The molecule has 34 heavy (non-hydrogen) atoms. The monoisotopic (exact) mass is 483 g/mol. The number of ketones is 1. The van der Waals surface area contributed by atoms with Gasteiger partial charge in [0.25, 0.3) is 0 Å². The molecule has 0 radical (unpaired) electrons. The van der Waals surface area contributed by atoms with E-state index in [0.717, 1.165) is 11.1 Å². The third-order valence-electron chi connectivity index (χ3n) is 6.66. The van der Waals surface area contributed by atoms with E-state index in [4.69, 9.17) is 25.8 Å². The minimum absolute atomic E-state index is 0.0447. The van der Waals surface area contributed by atoms with Gasteiger partial charge in [0.1, 0.15) is 17.2 Å². The van der Waals surface area contributed by atoms with Crippen LogP contribution in [-0.2, 0) is 9.59 Å². The molecule has 1 aliphatic carbocycles. The second-order valence-electron chi connectivity index (χ2n) is 9.67. The van der Waals surface area contributed by atoms with Crippen LogP contribution in [0, 0.1) is 12.3 Å². The largest absolute Gasteiger partial charge is 0.497 e. The predicted octanol–water partition coefficient (Wildman–Crippen LogP) is 5.84. The average Bonchev–Trinajstić information content (AvgIpc) is 2.78. The summed E-state index contributed by atoms with van der Waals surface area (Å²) in [6.07, 6.45) is 1.11. The van der Waals surface area contributed by atoms with E-state index in [1.165, 1.54) is 0 Å². The Kier molecular flexibility index (Phi) is 6.38. The van der Waals surface area contributed by atoms with Crippen LogP contribution in [0.2, 0.25) is 5.02 Å². The summed E-state index contributed by atoms with van der Waals surface area (Å²) in [5, 5.41) is 0.554. The van der Waals surface area contributed by atoms with Crippen LogP contribution in [0.1, 0.15) is 50.2 Å². The standard InChI is InChI=1S/C27H30ClNO5/c1-15-9-20(24(34-6)12-19(15)28)29-21-13-27(2,3)14-22(30)26(21)18(11-25(29)31)17-10-16(32-4)7-8-23(17)33-5/h7-10,12,18H,11,13-14H2,1-6H3. The molecule has 0 spiro atoms. The number of hydrogen-bond acceptors (Lipinski definition) is 5. The highest BCUT2D eigenvalue weighted by molar-refractivity contribution is 6.31. The van der Waals surface area contributed by atoms with Crippen molar-refractivity contribution < 1.29 is 23.8 Å². The molecule has 6 nitrogen and oxygen atoms in total. The number of allylic oxidation sites excluding steroid dienone is 2. The Bertz CT molecular complexity index is 1200. The van der Waals surface area contributed by atoms with Crippen LogP contribution in [0.5, 0.6) is 17.2 Å². The Morgan fingerprint density at radius 1 is 0.971 bits per heavy atom. The third-order valence-corrected chi connectivity index (χ3v) is 7.06. The summed E-state index contributed by atoms with van der Waals surface area (Å²) >= 11 is 6.34. The van der Waals surface area contributed by atoms with Gasteiger partial charge < -0.3 is 14.2 Å². The first-order valence-electron chi connectivity index (χ1n) is 11.3. The van der Waals surface area contributed by atoms with Crippen molar-refractivity contribution in [1.29, 1.82) is 0 Å². The molecule has 1 amide bonds. The third kappa shape index (κ3) is 4.16. The van der Waals surface area contributed by atoms with Gasteiger partial charge in [-0.25, -0.2) is 0 Å². The molecule has 4 rings (SSSR count). The number of benzene rings is 2. The van der Waals surface area contributed by atoms with Gasteiger partial charge >= 0.3 is 0 Å². The molecule has 180 valence electrons. The highest BCUT2D eigenvalue weighted by atomic mass is 35.5. The maximum Gasteiger partial charge on any atom is 0.232 e. The van der Waals surface area contributed by atoms with Crippen LogP contribution in [0.25, 0.3) is 0 Å². The van der Waals surface area contributed by atoms with Crippen molar-refractivity contribution in [2.75, 3.05) is 26.2 Å². The summed E-state index contributed by atoms with van der Waals surface area (Å²) in [5.41, 5.74) is 3.28. The number of carbonyl (C=O) groups excluding carboxylic acids is 2. The molecule has 0 bridgehead atoms. The van der Waals surface area contributed by atoms with Crippen molar-refractivity contribution in [2.24, 2.45) is 5.41 Å². The van der Waals surface area contributed by atoms with Gasteiger partial charge in [0.15, 0.2) is 5.78 Å². The summed E-state index contributed by atoms with van der Waals surface area (Å²) in [6.45, 7) is 5.99. The highest BCUT2D eigenvalue weighted by Crippen LogP contribution is 2.51. The number of halogens is 1. The number of hydrogen-bond donors (Lipinski definition) is 0. The summed E-state index contributed by atoms with van der Waals surface area (Å²) in [5.74, 6) is 1.26. The van der Waals surface area contributed by atoms with Crippen molar-refractivity contribution >= 4 is 29.0 Å². The van der Waals surface area contributed by atoms with Gasteiger partial charge in [0, 0.05) is 46.7 Å². The normalized spacial score (nSPS) is 19.7. The van der Waals surface area contributed by atoms with E-state index in [0.29, 0.717) is 52.1 Å². The number of amides is 1. The zero-order valence-corrected chi connectivity index (χ0v) is 21.2. The molecule has 1 unspecified atom stereocenters. The maximum absolute atomic E-state index is 13.8. The SMILES string of the molecule is COc1ccc(OC)c(C2CC(=O)N(c3cc(C)c(Cl)cc3OC)C3=C2C(=O)CC(C)(C)C3)c1. The number of methoxy groups -OCH3 is 3. The van der Waals surface area contributed by atoms with E-state index in [-0.39, 0.29) is 23.5 Å². The van der Waals surface area contributed by atoms with Crippen molar-refractivity contribution in [2.45, 2.75) is 46.0 Å². The number of carbonyl (C=O) groups is 2. The second-order valence-corrected chi connectivity index (χ2v) is 10.1. The molecule has 1 aliphatic heterocycles. The van der Waals surface area contributed by atoms with Gasteiger partial charge in [-0.05, 0) is 48.6 Å². The molecule has 0 saturated heterocycles.